The normalized spacial score (nSPS) is 14.9. The molecule has 0 aliphatic carbocycles. The summed E-state index contributed by atoms with van der Waals surface area (Å²) in [7, 11) is 1.73. The lowest BCUT2D eigenvalue weighted by Gasteiger charge is -2.26. The lowest BCUT2D eigenvalue weighted by atomic mass is 9.90. The van der Waals surface area contributed by atoms with Crippen LogP contribution < -0.4 is 0 Å². The van der Waals surface area contributed by atoms with E-state index in [1.165, 1.54) is 12.1 Å². The number of halogens is 3. The van der Waals surface area contributed by atoms with E-state index in [2.05, 4.69) is 0 Å². The van der Waals surface area contributed by atoms with E-state index in [9.17, 15) is 18.0 Å². The molecule has 2 aromatic rings. The molecular weight excluding hydrogens is 291 g/mol. The zero-order valence-electron chi connectivity index (χ0n) is 11.9. The molecule has 1 aliphatic heterocycles. The molecule has 22 heavy (non-hydrogen) atoms. The van der Waals surface area contributed by atoms with E-state index >= 15 is 0 Å². The first kappa shape index (κ1) is 14.6. The van der Waals surface area contributed by atoms with Crippen LogP contribution in [0.2, 0.25) is 0 Å². The number of hydrogen-bond acceptors (Lipinski definition) is 1. The molecule has 3 rings (SSSR count). The monoisotopic (exact) mass is 305 g/mol. The molecule has 0 N–H and O–H groups in total. The molecule has 0 atom stereocenters. The number of carbonyl (C=O) groups excluding carboxylic acids is 1. The first-order chi connectivity index (χ1) is 10.4. The number of amides is 1. The number of likely N-dealkylation sites (N-methyl/N-ethyl adjacent to an activating group) is 1. The second-order valence-electron chi connectivity index (χ2n) is 5.39. The smallest absolute Gasteiger partial charge is 0.341 e. The fraction of sp³-hybridized carbons (Fsp3) is 0.235. The number of fused-ring (bicyclic) bond motifs is 1. The Morgan fingerprint density at radius 1 is 1.05 bits per heavy atom. The second-order valence-corrected chi connectivity index (χ2v) is 5.39. The van der Waals surface area contributed by atoms with Crippen LogP contribution in [0.4, 0.5) is 13.2 Å². The summed E-state index contributed by atoms with van der Waals surface area (Å²) in [5.74, 6) is -0.0863. The second kappa shape index (κ2) is 5.16. The van der Waals surface area contributed by atoms with E-state index in [-0.39, 0.29) is 5.91 Å². The number of carbonyl (C=O) groups is 1. The van der Waals surface area contributed by atoms with Crippen LogP contribution in [0.3, 0.4) is 0 Å². The average molecular weight is 305 g/mol. The van der Waals surface area contributed by atoms with Gasteiger partial charge in [-0.25, -0.2) is 0 Å². The van der Waals surface area contributed by atoms with Crippen LogP contribution in [0.15, 0.2) is 42.5 Å². The molecule has 5 heteroatoms. The molecule has 0 bridgehead atoms. The lowest BCUT2D eigenvalue weighted by molar-refractivity contribution is -0.137. The van der Waals surface area contributed by atoms with Crippen LogP contribution in [0.5, 0.6) is 0 Å². The highest BCUT2D eigenvalue weighted by Crippen LogP contribution is 2.33. The Balaban J connectivity index is 2.08. The van der Waals surface area contributed by atoms with Crippen molar-refractivity contribution >= 4 is 5.91 Å². The molecule has 2 nitrogen and oxygen atoms in total. The van der Waals surface area contributed by atoms with Gasteiger partial charge in [0.15, 0.2) is 0 Å². The maximum Gasteiger partial charge on any atom is 0.416 e. The zero-order valence-corrected chi connectivity index (χ0v) is 11.9. The van der Waals surface area contributed by atoms with Gasteiger partial charge in [0.25, 0.3) is 5.91 Å². The Morgan fingerprint density at radius 3 is 2.36 bits per heavy atom. The maximum atomic E-state index is 12.6. The Kier molecular flexibility index (Phi) is 3.43. The summed E-state index contributed by atoms with van der Waals surface area (Å²) in [6, 6.07) is 10.4. The number of nitrogens with zero attached hydrogens (tertiary/aromatic N) is 1. The van der Waals surface area contributed by atoms with Gasteiger partial charge >= 0.3 is 6.18 Å². The van der Waals surface area contributed by atoms with Crippen LogP contribution in [0, 0.1) is 0 Å². The summed E-state index contributed by atoms with van der Waals surface area (Å²) in [6.45, 7) is 0.655. The Bertz CT molecular complexity index is 720. The van der Waals surface area contributed by atoms with Crippen molar-refractivity contribution in [2.75, 3.05) is 13.6 Å². The van der Waals surface area contributed by atoms with Gasteiger partial charge in [-0.2, -0.15) is 13.2 Å². The van der Waals surface area contributed by atoms with Gasteiger partial charge in [0.05, 0.1) is 11.1 Å². The minimum absolute atomic E-state index is 0.0863. The molecule has 0 radical (unpaired) electrons. The third kappa shape index (κ3) is 2.47. The molecule has 0 fully saturated rings. The topological polar surface area (TPSA) is 20.3 Å². The summed E-state index contributed by atoms with van der Waals surface area (Å²) >= 11 is 0. The summed E-state index contributed by atoms with van der Waals surface area (Å²) in [5.41, 5.74) is 2.15. The highest BCUT2D eigenvalue weighted by atomic mass is 19.4. The number of rotatable bonds is 1. The molecule has 114 valence electrons. The zero-order chi connectivity index (χ0) is 15.9. The molecule has 0 aromatic heterocycles. The van der Waals surface area contributed by atoms with Crippen molar-refractivity contribution in [2.24, 2.45) is 0 Å². The van der Waals surface area contributed by atoms with Crippen LogP contribution in [-0.2, 0) is 12.6 Å². The summed E-state index contributed by atoms with van der Waals surface area (Å²) < 4.78 is 37.9. The van der Waals surface area contributed by atoms with Crippen molar-refractivity contribution in [3.63, 3.8) is 0 Å². The van der Waals surface area contributed by atoms with Gasteiger partial charge < -0.3 is 4.90 Å². The first-order valence-corrected chi connectivity index (χ1v) is 6.93. The van der Waals surface area contributed by atoms with E-state index in [4.69, 9.17) is 0 Å². The number of alkyl halides is 3. The number of hydrogen-bond donors (Lipinski definition) is 0. The molecular formula is C17H14F3NO. The van der Waals surface area contributed by atoms with Gasteiger partial charge in [0.1, 0.15) is 0 Å². The third-order valence-electron chi connectivity index (χ3n) is 3.95. The minimum atomic E-state index is -4.36. The van der Waals surface area contributed by atoms with Crippen molar-refractivity contribution < 1.29 is 18.0 Å². The van der Waals surface area contributed by atoms with E-state index in [1.54, 1.807) is 18.0 Å². The van der Waals surface area contributed by atoms with E-state index in [0.29, 0.717) is 23.2 Å². The highest BCUT2D eigenvalue weighted by Gasteiger charge is 2.30. The van der Waals surface area contributed by atoms with Crippen LogP contribution in [0.1, 0.15) is 21.5 Å². The lowest BCUT2D eigenvalue weighted by Crippen LogP contribution is -2.34. The van der Waals surface area contributed by atoms with Crippen LogP contribution >= 0.6 is 0 Å². The standard InChI is InChI=1S/C17H14F3NO/c1-21-10-9-12-3-2-4-14(15(12)16(21)22)11-5-7-13(8-6-11)17(18,19)20/h2-8H,9-10H2,1H3. The Hall–Kier alpha value is -2.30. The molecule has 1 amide bonds. The van der Waals surface area contributed by atoms with Gasteiger partial charge in [-0.3, -0.25) is 4.79 Å². The molecule has 2 aromatic carbocycles. The van der Waals surface area contributed by atoms with Gasteiger partial charge in [-0.15, -0.1) is 0 Å². The van der Waals surface area contributed by atoms with Crippen molar-refractivity contribution in [1.29, 1.82) is 0 Å². The van der Waals surface area contributed by atoms with Gasteiger partial charge in [0, 0.05) is 13.6 Å². The van der Waals surface area contributed by atoms with Gasteiger partial charge in [0.2, 0.25) is 0 Å². The maximum absolute atomic E-state index is 12.6. The molecule has 1 aliphatic rings. The minimum Gasteiger partial charge on any atom is -0.341 e. The first-order valence-electron chi connectivity index (χ1n) is 6.93. The summed E-state index contributed by atoms with van der Waals surface area (Å²) in [4.78, 5) is 14.0. The highest BCUT2D eigenvalue weighted by molar-refractivity contribution is 6.03. The van der Waals surface area contributed by atoms with E-state index < -0.39 is 11.7 Å². The average Bonchev–Trinajstić information content (AvgIpc) is 2.50. The summed E-state index contributed by atoms with van der Waals surface area (Å²) in [5, 5.41) is 0. The Morgan fingerprint density at radius 2 is 1.73 bits per heavy atom. The van der Waals surface area contributed by atoms with Crippen molar-refractivity contribution in [3.8, 4) is 11.1 Å². The SMILES string of the molecule is CN1CCc2cccc(-c3ccc(C(F)(F)F)cc3)c2C1=O. The fourth-order valence-electron chi connectivity index (χ4n) is 2.72. The predicted octanol–water partition coefficient (Wildman–Crippen LogP) is 4.00. The quantitative estimate of drug-likeness (QED) is 0.780. The predicted molar refractivity (Wildman–Crippen MR) is 77.5 cm³/mol. The molecule has 0 saturated heterocycles. The van der Waals surface area contributed by atoms with E-state index in [1.807, 2.05) is 12.1 Å². The van der Waals surface area contributed by atoms with E-state index in [0.717, 1.165) is 24.1 Å². The molecule has 0 saturated carbocycles. The number of benzene rings is 2. The molecule has 1 heterocycles. The molecule has 0 spiro atoms. The van der Waals surface area contributed by atoms with Crippen molar-refractivity contribution in [2.45, 2.75) is 12.6 Å². The van der Waals surface area contributed by atoms with Crippen molar-refractivity contribution in [3.05, 3.63) is 59.2 Å². The summed E-state index contributed by atoms with van der Waals surface area (Å²) in [6.07, 6.45) is -3.60. The van der Waals surface area contributed by atoms with Crippen LogP contribution in [0.25, 0.3) is 11.1 Å². The fourth-order valence-corrected chi connectivity index (χ4v) is 2.72. The van der Waals surface area contributed by atoms with Gasteiger partial charge in [-0.1, -0.05) is 30.3 Å². The van der Waals surface area contributed by atoms with Crippen molar-refractivity contribution in [1.82, 2.24) is 4.90 Å². The van der Waals surface area contributed by atoms with Gasteiger partial charge in [-0.05, 0) is 35.2 Å². The Labute approximate surface area is 126 Å². The van der Waals surface area contributed by atoms with Crippen LogP contribution in [-0.4, -0.2) is 24.4 Å². The molecule has 0 unspecified atom stereocenters. The third-order valence-corrected chi connectivity index (χ3v) is 3.95. The largest absolute Gasteiger partial charge is 0.416 e.